The number of rotatable bonds is 5. The lowest BCUT2D eigenvalue weighted by molar-refractivity contribution is -0.135. The van der Waals surface area contributed by atoms with E-state index in [0.717, 1.165) is 4.88 Å². The van der Waals surface area contributed by atoms with E-state index in [-0.39, 0.29) is 23.6 Å². The normalized spacial score (nSPS) is 15.9. The molecule has 0 bridgehead atoms. The number of hydrogen-bond acceptors (Lipinski definition) is 6. The molecule has 0 fully saturated rings. The molecule has 4 rings (SSSR count). The van der Waals surface area contributed by atoms with Gasteiger partial charge in [0.2, 0.25) is 0 Å². The van der Waals surface area contributed by atoms with Crippen molar-refractivity contribution in [1.82, 2.24) is 5.01 Å². The topological polar surface area (TPSA) is 78.8 Å². The van der Waals surface area contributed by atoms with Crippen molar-refractivity contribution in [3.63, 3.8) is 0 Å². The van der Waals surface area contributed by atoms with Crippen LogP contribution < -0.4 is 4.74 Å². The lowest BCUT2D eigenvalue weighted by Crippen LogP contribution is -2.31. The molecule has 6 nitrogen and oxygen atoms in total. The molecule has 1 amide bonds. The second-order valence-electron chi connectivity index (χ2n) is 6.04. The number of carbonyl (C=O) groups excluding carboxylic acids is 1. The van der Waals surface area contributed by atoms with Crippen molar-refractivity contribution in [3.05, 3.63) is 75.3 Å². The number of nitrogens with zero attached hydrogens (tertiary/aromatic N) is 3. The second-order valence-corrected chi connectivity index (χ2v) is 7.43. The largest absolute Gasteiger partial charge is 0.482 e. The van der Waals surface area contributed by atoms with Crippen LogP contribution in [0, 0.1) is 11.3 Å². The van der Waals surface area contributed by atoms with Gasteiger partial charge in [-0.1, -0.05) is 17.7 Å². The van der Waals surface area contributed by atoms with Gasteiger partial charge in [-0.3, -0.25) is 4.79 Å². The zero-order valence-corrected chi connectivity index (χ0v) is 16.1. The van der Waals surface area contributed by atoms with Crippen molar-refractivity contribution >= 4 is 34.6 Å². The summed E-state index contributed by atoms with van der Waals surface area (Å²) in [5, 5.41) is 17.1. The maximum absolute atomic E-state index is 12.8. The maximum atomic E-state index is 12.8. The molecule has 1 aliphatic heterocycles. The fraction of sp³-hybridized carbons (Fsp3) is 0.150. The van der Waals surface area contributed by atoms with Gasteiger partial charge in [-0.05, 0) is 41.8 Å². The lowest BCUT2D eigenvalue weighted by atomic mass is 10.1. The summed E-state index contributed by atoms with van der Waals surface area (Å²) in [5.41, 5.74) is 1.14. The molecule has 8 heteroatoms. The summed E-state index contributed by atoms with van der Waals surface area (Å²) in [5.74, 6) is 0.699. The molecule has 1 unspecified atom stereocenters. The Morgan fingerprint density at radius 3 is 2.96 bits per heavy atom. The van der Waals surface area contributed by atoms with E-state index in [1.165, 1.54) is 11.1 Å². The fourth-order valence-electron chi connectivity index (χ4n) is 2.93. The van der Waals surface area contributed by atoms with Gasteiger partial charge in [0.05, 0.1) is 29.0 Å². The third-order valence-corrected chi connectivity index (χ3v) is 5.52. The minimum Gasteiger partial charge on any atom is -0.482 e. The van der Waals surface area contributed by atoms with Gasteiger partial charge in [0.1, 0.15) is 17.2 Å². The summed E-state index contributed by atoms with van der Waals surface area (Å²) in [4.78, 5) is 13.9. The lowest BCUT2D eigenvalue weighted by Gasteiger charge is -2.20. The zero-order chi connectivity index (χ0) is 19.5. The van der Waals surface area contributed by atoms with Crippen molar-refractivity contribution in [2.24, 2.45) is 5.10 Å². The summed E-state index contributed by atoms with van der Waals surface area (Å²) in [7, 11) is 0. The van der Waals surface area contributed by atoms with Crippen molar-refractivity contribution in [2.75, 3.05) is 6.61 Å². The number of hydrazone groups is 1. The molecule has 140 valence electrons. The molecule has 0 aliphatic carbocycles. The van der Waals surface area contributed by atoms with E-state index in [1.807, 2.05) is 29.6 Å². The minimum atomic E-state index is -0.291. The fourth-order valence-corrected chi connectivity index (χ4v) is 3.97. The van der Waals surface area contributed by atoms with Gasteiger partial charge in [0, 0.05) is 11.3 Å². The average Bonchev–Trinajstić information content (AvgIpc) is 3.47. The molecule has 3 aromatic rings. The summed E-state index contributed by atoms with van der Waals surface area (Å²) in [6.07, 6.45) is 2.15. The first kappa shape index (κ1) is 18.3. The van der Waals surface area contributed by atoms with Crippen LogP contribution in [0.1, 0.15) is 28.7 Å². The van der Waals surface area contributed by atoms with Gasteiger partial charge in [-0.15, -0.1) is 11.3 Å². The highest BCUT2D eigenvalue weighted by atomic mass is 35.5. The summed E-state index contributed by atoms with van der Waals surface area (Å²) in [6.45, 7) is -0.220. The van der Waals surface area contributed by atoms with E-state index in [9.17, 15) is 4.79 Å². The highest BCUT2D eigenvalue weighted by Crippen LogP contribution is 2.35. The van der Waals surface area contributed by atoms with Crippen LogP contribution in [0.5, 0.6) is 5.75 Å². The molecular weight excluding hydrogens is 398 g/mol. The standard InChI is InChI=1S/C20H14ClN3O3S/c21-14-9-13(11-22)5-6-17(14)27-12-20(25)24-16(19-4-2-8-28-19)10-15(23-24)18-3-1-7-26-18/h1-9,16H,10,12H2. The van der Waals surface area contributed by atoms with Gasteiger partial charge in [0.15, 0.2) is 6.61 Å². The first-order valence-corrected chi connectivity index (χ1v) is 9.70. The number of amides is 1. The number of carbonyl (C=O) groups is 1. The molecule has 0 saturated heterocycles. The van der Waals surface area contributed by atoms with Crippen LogP contribution in [-0.4, -0.2) is 23.2 Å². The Labute approximate surface area is 170 Å². The van der Waals surface area contributed by atoms with Crippen LogP contribution in [0.2, 0.25) is 5.02 Å². The van der Waals surface area contributed by atoms with Crippen LogP contribution in [0.3, 0.4) is 0 Å². The molecule has 28 heavy (non-hydrogen) atoms. The molecule has 1 atom stereocenters. The number of halogens is 1. The third-order valence-electron chi connectivity index (χ3n) is 4.26. The number of nitriles is 1. The molecular formula is C20H14ClN3O3S. The van der Waals surface area contributed by atoms with E-state index in [4.69, 9.17) is 26.0 Å². The smallest absolute Gasteiger partial charge is 0.281 e. The first-order chi connectivity index (χ1) is 13.7. The molecule has 0 spiro atoms. The third kappa shape index (κ3) is 3.65. The van der Waals surface area contributed by atoms with Crippen molar-refractivity contribution < 1.29 is 13.9 Å². The maximum Gasteiger partial charge on any atom is 0.281 e. The second kappa shape index (κ2) is 7.89. The molecule has 1 aromatic carbocycles. The Balaban J connectivity index is 1.53. The Morgan fingerprint density at radius 1 is 1.39 bits per heavy atom. The van der Waals surface area contributed by atoms with Crippen LogP contribution >= 0.6 is 22.9 Å². The molecule has 0 N–H and O–H groups in total. The molecule has 3 heterocycles. The van der Waals surface area contributed by atoms with E-state index in [1.54, 1.807) is 35.8 Å². The van der Waals surface area contributed by atoms with E-state index >= 15 is 0 Å². The van der Waals surface area contributed by atoms with Gasteiger partial charge in [-0.2, -0.15) is 10.4 Å². The summed E-state index contributed by atoms with van der Waals surface area (Å²) < 4.78 is 11.0. The number of hydrogen-bond donors (Lipinski definition) is 0. The number of benzene rings is 1. The first-order valence-electron chi connectivity index (χ1n) is 8.45. The van der Waals surface area contributed by atoms with Crippen LogP contribution in [0.4, 0.5) is 0 Å². The van der Waals surface area contributed by atoms with E-state index < -0.39 is 0 Å². The Hall–Kier alpha value is -3.08. The molecule has 1 aliphatic rings. The van der Waals surface area contributed by atoms with Crippen LogP contribution in [-0.2, 0) is 4.79 Å². The summed E-state index contributed by atoms with van der Waals surface area (Å²) in [6, 6.07) is 14.0. The SMILES string of the molecule is N#Cc1ccc(OCC(=O)N2N=C(c3ccco3)CC2c2cccs2)c(Cl)c1. The molecule has 2 aromatic heterocycles. The predicted molar refractivity (Wildman–Crippen MR) is 105 cm³/mol. The van der Waals surface area contributed by atoms with Crippen molar-refractivity contribution in [3.8, 4) is 11.8 Å². The molecule has 0 saturated carbocycles. The monoisotopic (exact) mass is 411 g/mol. The van der Waals surface area contributed by atoms with Gasteiger partial charge in [-0.25, -0.2) is 5.01 Å². The van der Waals surface area contributed by atoms with Crippen LogP contribution in [0.15, 0.2) is 63.6 Å². The van der Waals surface area contributed by atoms with Gasteiger partial charge >= 0.3 is 0 Å². The molecule has 0 radical (unpaired) electrons. The van der Waals surface area contributed by atoms with Crippen molar-refractivity contribution in [1.29, 1.82) is 5.26 Å². The minimum absolute atomic E-state index is 0.201. The Kier molecular flexibility index (Phi) is 5.15. The summed E-state index contributed by atoms with van der Waals surface area (Å²) >= 11 is 7.68. The van der Waals surface area contributed by atoms with E-state index in [2.05, 4.69) is 5.10 Å². The Morgan fingerprint density at radius 2 is 2.29 bits per heavy atom. The quantitative estimate of drug-likeness (QED) is 0.613. The zero-order valence-electron chi connectivity index (χ0n) is 14.5. The average molecular weight is 412 g/mol. The van der Waals surface area contributed by atoms with E-state index in [0.29, 0.717) is 29.2 Å². The highest BCUT2D eigenvalue weighted by molar-refractivity contribution is 7.10. The predicted octanol–water partition coefficient (Wildman–Crippen LogP) is 4.62. The van der Waals surface area contributed by atoms with Gasteiger partial charge < -0.3 is 9.15 Å². The van der Waals surface area contributed by atoms with Gasteiger partial charge in [0.25, 0.3) is 5.91 Å². The highest BCUT2D eigenvalue weighted by Gasteiger charge is 2.34. The number of furan rings is 1. The number of thiophene rings is 1. The van der Waals surface area contributed by atoms with Crippen molar-refractivity contribution in [2.45, 2.75) is 12.5 Å². The number of ether oxygens (including phenoxy) is 1. The Bertz CT molecular complexity index is 1060. The van der Waals surface area contributed by atoms with Crippen LogP contribution in [0.25, 0.3) is 0 Å².